The molecule has 208 valence electrons. The van der Waals surface area contributed by atoms with Crippen LogP contribution in [0.5, 0.6) is 11.5 Å². The van der Waals surface area contributed by atoms with Crippen LogP contribution in [-0.4, -0.2) is 36.8 Å². The Balaban J connectivity index is 1.68. The van der Waals surface area contributed by atoms with Crippen molar-refractivity contribution in [1.29, 1.82) is 0 Å². The summed E-state index contributed by atoms with van der Waals surface area (Å²) in [5.41, 5.74) is 0.757. The number of hydrogen-bond donors (Lipinski definition) is 3. The van der Waals surface area contributed by atoms with E-state index in [1.165, 1.54) is 19.3 Å². The Bertz CT molecular complexity index is 1140. The van der Waals surface area contributed by atoms with E-state index in [0.717, 1.165) is 36.2 Å². The summed E-state index contributed by atoms with van der Waals surface area (Å²) in [6.07, 6.45) is 6.71. The number of esters is 1. The van der Waals surface area contributed by atoms with E-state index in [4.69, 9.17) is 14.2 Å². The number of carbonyl (C=O) groups excluding carboxylic acids is 3. The fraction of sp³-hybridized carbons (Fsp3) is 0.536. The Morgan fingerprint density at radius 1 is 1.00 bits per heavy atom. The molecule has 1 aliphatic heterocycles. The summed E-state index contributed by atoms with van der Waals surface area (Å²) >= 11 is 1.06. The van der Waals surface area contributed by atoms with E-state index >= 15 is 0 Å². The van der Waals surface area contributed by atoms with E-state index in [0.29, 0.717) is 28.5 Å². The van der Waals surface area contributed by atoms with Gasteiger partial charge in [0.15, 0.2) is 11.5 Å². The molecule has 3 rings (SSSR count). The van der Waals surface area contributed by atoms with Crippen LogP contribution in [0.3, 0.4) is 0 Å². The molecule has 0 fully saturated rings. The summed E-state index contributed by atoms with van der Waals surface area (Å²) in [5.74, 6) is 0.360. The van der Waals surface area contributed by atoms with E-state index in [2.05, 4.69) is 22.9 Å². The van der Waals surface area contributed by atoms with Crippen molar-refractivity contribution in [2.75, 3.05) is 18.7 Å². The predicted octanol–water partition coefficient (Wildman–Crippen LogP) is 6.15. The molecule has 0 bridgehead atoms. The number of amides is 3. The van der Waals surface area contributed by atoms with Gasteiger partial charge in [0.25, 0.3) is 5.91 Å². The summed E-state index contributed by atoms with van der Waals surface area (Å²) < 4.78 is 16.3. The van der Waals surface area contributed by atoms with Gasteiger partial charge in [-0.15, -0.1) is 11.3 Å². The zero-order valence-electron chi connectivity index (χ0n) is 23.0. The molecule has 9 nitrogen and oxygen atoms in total. The molecule has 1 aromatic carbocycles. The largest absolute Gasteiger partial charge is 0.456 e. The van der Waals surface area contributed by atoms with E-state index < -0.39 is 17.6 Å². The molecule has 0 atom stereocenters. The minimum Gasteiger partial charge on any atom is -0.456 e. The number of ether oxygens (including phenoxy) is 3. The number of fused-ring (bicyclic) bond motifs is 1. The highest BCUT2D eigenvalue weighted by Gasteiger charge is 2.29. The summed E-state index contributed by atoms with van der Waals surface area (Å²) in [6.45, 7) is 10.1. The molecule has 10 heteroatoms. The first-order valence-electron chi connectivity index (χ1n) is 13.2. The first kappa shape index (κ1) is 29.3. The molecule has 0 spiro atoms. The second-order valence-electron chi connectivity index (χ2n) is 10.3. The van der Waals surface area contributed by atoms with Crippen LogP contribution in [0.15, 0.2) is 18.2 Å². The summed E-state index contributed by atoms with van der Waals surface area (Å²) in [6, 6.07) is 5.04. The quantitative estimate of drug-likeness (QED) is 0.218. The van der Waals surface area contributed by atoms with Crippen molar-refractivity contribution < 1.29 is 28.6 Å². The van der Waals surface area contributed by atoms with Crippen LogP contribution < -0.4 is 25.4 Å². The third-order valence-corrected chi connectivity index (χ3v) is 7.10. The molecule has 3 N–H and O–H groups in total. The molecule has 0 saturated carbocycles. The van der Waals surface area contributed by atoms with E-state index in [-0.39, 0.29) is 29.8 Å². The standard InChI is InChI=1S/C28H39N3O6S/c1-6-7-8-9-10-11-14-29-27(34)31-25-22(26(33)37-28(3,4)5)18(2)23(38-25)24(32)30-16-19-12-13-20-21(15-19)36-17-35-20/h12-13,15H,6-11,14,16-17H2,1-5H3,(H,30,32)(H2,29,31,34). The fourth-order valence-electron chi connectivity index (χ4n) is 3.96. The van der Waals surface area contributed by atoms with E-state index in [9.17, 15) is 14.4 Å². The molecule has 2 aromatic rings. The smallest absolute Gasteiger partial charge is 0.341 e. The monoisotopic (exact) mass is 545 g/mol. The van der Waals surface area contributed by atoms with Gasteiger partial charge < -0.3 is 24.8 Å². The first-order chi connectivity index (χ1) is 18.1. The molecule has 1 aliphatic rings. The van der Waals surface area contributed by atoms with Crippen molar-refractivity contribution >= 4 is 34.2 Å². The first-order valence-corrected chi connectivity index (χ1v) is 14.0. The fourth-order valence-corrected chi connectivity index (χ4v) is 5.07. The van der Waals surface area contributed by atoms with Crippen molar-refractivity contribution in [2.45, 2.75) is 85.3 Å². The van der Waals surface area contributed by atoms with Gasteiger partial charge in [-0.1, -0.05) is 45.1 Å². The van der Waals surface area contributed by atoms with Gasteiger partial charge in [-0.05, 0) is 57.4 Å². The van der Waals surface area contributed by atoms with E-state index in [1.807, 2.05) is 12.1 Å². The van der Waals surface area contributed by atoms with Crippen molar-refractivity contribution in [2.24, 2.45) is 0 Å². The number of benzene rings is 1. The van der Waals surface area contributed by atoms with Crippen LogP contribution in [0.4, 0.5) is 9.80 Å². The molecule has 0 saturated heterocycles. The van der Waals surface area contributed by atoms with Crippen molar-refractivity contribution in [3.63, 3.8) is 0 Å². The van der Waals surface area contributed by atoms with Gasteiger partial charge in [0.05, 0.1) is 10.4 Å². The number of anilines is 1. The zero-order chi connectivity index (χ0) is 27.7. The highest BCUT2D eigenvalue weighted by Crippen LogP contribution is 2.35. The maximum atomic E-state index is 13.1. The summed E-state index contributed by atoms with van der Waals surface area (Å²) in [7, 11) is 0. The Morgan fingerprint density at radius 2 is 1.71 bits per heavy atom. The molecule has 0 unspecified atom stereocenters. The van der Waals surface area contributed by atoms with Crippen LogP contribution in [-0.2, 0) is 11.3 Å². The molecule has 2 heterocycles. The van der Waals surface area contributed by atoms with Gasteiger partial charge in [-0.25, -0.2) is 9.59 Å². The van der Waals surface area contributed by atoms with Crippen LogP contribution in [0.25, 0.3) is 0 Å². The Morgan fingerprint density at radius 3 is 2.45 bits per heavy atom. The molecule has 0 radical (unpaired) electrons. The van der Waals surface area contributed by atoms with Crippen molar-refractivity contribution in [1.82, 2.24) is 10.6 Å². The topological polar surface area (TPSA) is 115 Å². The third kappa shape index (κ3) is 8.37. The molecule has 0 aliphatic carbocycles. The van der Waals surface area contributed by atoms with Crippen molar-refractivity contribution in [3.05, 3.63) is 39.8 Å². The summed E-state index contributed by atoms with van der Waals surface area (Å²) in [5, 5.41) is 8.78. The number of hydrogen-bond acceptors (Lipinski definition) is 7. The van der Waals surface area contributed by atoms with Gasteiger partial charge in [-0.3, -0.25) is 10.1 Å². The van der Waals surface area contributed by atoms with Crippen molar-refractivity contribution in [3.8, 4) is 11.5 Å². The minimum atomic E-state index is -0.732. The second kappa shape index (κ2) is 13.5. The lowest BCUT2D eigenvalue weighted by atomic mass is 10.1. The highest BCUT2D eigenvalue weighted by atomic mass is 32.1. The van der Waals surface area contributed by atoms with Crippen LogP contribution in [0, 0.1) is 6.92 Å². The molecular formula is C28H39N3O6S. The third-order valence-electron chi connectivity index (χ3n) is 5.89. The van der Waals surface area contributed by atoms with Gasteiger partial charge in [0.1, 0.15) is 10.6 Å². The minimum absolute atomic E-state index is 0.176. The van der Waals surface area contributed by atoms with Gasteiger partial charge in [-0.2, -0.15) is 0 Å². The summed E-state index contributed by atoms with van der Waals surface area (Å²) in [4.78, 5) is 39.1. The number of urea groups is 1. The van der Waals surface area contributed by atoms with Crippen LogP contribution in [0.1, 0.15) is 97.4 Å². The number of nitrogens with one attached hydrogen (secondary N) is 3. The van der Waals surface area contributed by atoms with Gasteiger partial charge in [0.2, 0.25) is 6.79 Å². The van der Waals surface area contributed by atoms with Crippen LogP contribution >= 0.6 is 11.3 Å². The number of thiophene rings is 1. The average Bonchev–Trinajstić information content (AvgIpc) is 3.44. The lowest BCUT2D eigenvalue weighted by Gasteiger charge is -2.20. The average molecular weight is 546 g/mol. The zero-order valence-corrected chi connectivity index (χ0v) is 23.8. The molecular weight excluding hydrogens is 506 g/mol. The maximum Gasteiger partial charge on any atom is 0.341 e. The Hall–Kier alpha value is -3.27. The molecule has 1 aromatic heterocycles. The SMILES string of the molecule is CCCCCCCCNC(=O)Nc1sc(C(=O)NCc2ccc3c(c2)OCO3)c(C)c1C(=O)OC(C)(C)C. The Labute approximate surface area is 228 Å². The lowest BCUT2D eigenvalue weighted by Crippen LogP contribution is -2.30. The van der Waals surface area contributed by atoms with E-state index in [1.54, 1.807) is 33.8 Å². The van der Waals surface area contributed by atoms with Gasteiger partial charge in [0, 0.05) is 13.1 Å². The molecule has 38 heavy (non-hydrogen) atoms. The number of unbranched alkanes of at least 4 members (excludes halogenated alkanes) is 5. The number of rotatable bonds is 12. The van der Waals surface area contributed by atoms with Crippen LogP contribution in [0.2, 0.25) is 0 Å². The lowest BCUT2D eigenvalue weighted by molar-refractivity contribution is 0.00705. The van der Waals surface area contributed by atoms with Gasteiger partial charge >= 0.3 is 12.0 Å². The highest BCUT2D eigenvalue weighted by molar-refractivity contribution is 7.18. The molecule has 3 amide bonds. The second-order valence-corrected chi connectivity index (χ2v) is 11.3. The number of carbonyl (C=O) groups is 3. The predicted molar refractivity (Wildman–Crippen MR) is 148 cm³/mol. The normalized spacial score (nSPS) is 12.2. The maximum absolute atomic E-state index is 13.1. The Kier molecular flexibility index (Phi) is 10.4.